The van der Waals surface area contributed by atoms with Crippen LogP contribution in [0.2, 0.25) is 0 Å². The second kappa shape index (κ2) is 36.9. The van der Waals surface area contributed by atoms with E-state index in [1.165, 1.54) is 122 Å². The maximum atomic E-state index is 12.0. The van der Waals surface area contributed by atoms with Crippen molar-refractivity contribution in [1.82, 2.24) is 5.32 Å². The molecule has 3 aliphatic rings. The highest BCUT2D eigenvalue weighted by molar-refractivity contribution is 5.73. The van der Waals surface area contributed by atoms with Crippen LogP contribution in [0, 0.1) is 0 Å². The molecule has 3 aliphatic heterocycles. The minimum absolute atomic E-state index is 0.388. The van der Waals surface area contributed by atoms with Crippen LogP contribution in [0.1, 0.15) is 155 Å². The molecule has 3 fully saturated rings. The van der Waals surface area contributed by atoms with E-state index in [1.807, 2.05) is 0 Å². The third kappa shape index (κ3) is 22.8. The number of aliphatic hydroxyl groups is 11. The Morgan fingerprint density at radius 3 is 1.32 bits per heavy atom. The highest BCUT2D eigenvalue weighted by atomic mass is 16.8. The van der Waals surface area contributed by atoms with Gasteiger partial charge in [0.15, 0.2) is 18.9 Å². The fourth-order valence-corrected chi connectivity index (χ4v) is 9.08. The molecule has 0 bridgehead atoms. The fraction of sp³-hybridized carbons (Fsp3) is 0.865. The van der Waals surface area contributed by atoms with Gasteiger partial charge in [0.1, 0.15) is 73.2 Å². The van der Waals surface area contributed by atoms with Crippen LogP contribution < -0.4 is 5.32 Å². The van der Waals surface area contributed by atoms with Crippen LogP contribution in [0.4, 0.5) is 0 Å². The number of hydrogen-bond donors (Lipinski definition) is 12. The van der Waals surface area contributed by atoms with Crippen LogP contribution in [0.3, 0.4) is 0 Å². The lowest BCUT2D eigenvalue weighted by Gasteiger charge is -2.48. The molecule has 0 aliphatic carbocycles. The number of allylic oxidation sites excluding steroid dienone is 5. The average molecular weight is 1020 g/mol. The van der Waals surface area contributed by atoms with E-state index in [1.54, 1.807) is 6.08 Å². The molecule has 0 spiro atoms. The van der Waals surface area contributed by atoms with E-state index < -0.39 is 130 Å². The largest absolute Gasteiger partial charge is 0.394 e. The second-order valence-electron chi connectivity index (χ2n) is 19.4. The van der Waals surface area contributed by atoms with Gasteiger partial charge in [0.25, 0.3) is 0 Å². The molecule has 71 heavy (non-hydrogen) atoms. The number of ether oxygens (including phenoxy) is 6. The lowest BCUT2D eigenvalue weighted by Crippen LogP contribution is -2.66. The van der Waals surface area contributed by atoms with Gasteiger partial charge in [0, 0.05) is 6.92 Å². The summed E-state index contributed by atoms with van der Waals surface area (Å²) in [6.45, 7) is 0.709. The summed E-state index contributed by atoms with van der Waals surface area (Å²) in [5.41, 5.74) is 0. The van der Waals surface area contributed by atoms with E-state index in [0.717, 1.165) is 25.7 Å². The molecule has 17 unspecified atom stereocenters. The van der Waals surface area contributed by atoms with Crippen molar-refractivity contribution in [2.24, 2.45) is 0 Å². The molecule has 0 aromatic heterocycles. The first kappa shape index (κ1) is 63.3. The predicted molar refractivity (Wildman–Crippen MR) is 263 cm³/mol. The summed E-state index contributed by atoms with van der Waals surface area (Å²) < 4.78 is 33.6. The molecule has 17 atom stereocenters. The zero-order chi connectivity index (χ0) is 52.0. The monoisotopic (exact) mass is 1020 g/mol. The third-order valence-electron chi connectivity index (χ3n) is 13.5. The lowest BCUT2D eigenvalue weighted by atomic mass is 9.96. The number of aliphatic hydroxyl groups excluding tert-OH is 11. The van der Waals surface area contributed by atoms with Crippen LogP contribution >= 0.6 is 0 Å². The SMILES string of the molecule is CCCCCCCCCCCCCCCCCCC/C=C/CC/C=C/CC/C=C/C(O)C(COC1OC(CO)C(OC2OC(CO)C(OC3OC(CO)C(O)C(O)C3O)C(O)C2O)C(O)C1O)NC(C)=O. The number of hydrogen-bond acceptors (Lipinski definition) is 18. The Morgan fingerprint density at radius 2 is 0.873 bits per heavy atom. The molecule has 0 aromatic carbocycles. The highest BCUT2D eigenvalue weighted by Crippen LogP contribution is 2.33. The van der Waals surface area contributed by atoms with E-state index in [4.69, 9.17) is 28.4 Å². The molecule has 12 N–H and O–H groups in total. The topological polar surface area (TPSA) is 307 Å². The Hall–Kier alpha value is -1.99. The highest BCUT2D eigenvalue weighted by Gasteiger charge is 2.53. The van der Waals surface area contributed by atoms with Gasteiger partial charge in [-0.05, 0) is 38.5 Å². The fourth-order valence-electron chi connectivity index (χ4n) is 9.08. The number of nitrogens with one attached hydrogen (secondary N) is 1. The van der Waals surface area contributed by atoms with E-state index >= 15 is 0 Å². The molecule has 19 nitrogen and oxygen atoms in total. The third-order valence-corrected chi connectivity index (χ3v) is 13.5. The zero-order valence-electron chi connectivity index (χ0n) is 42.4. The lowest BCUT2D eigenvalue weighted by molar-refractivity contribution is -0.379. The summed E-state index contributed by atoms with van der Waals surface area (Å²) in [6.07, 6.45) is 13.0. The van der Waals surface area contributed by atoms with Crippen LogP contribution in [-0.4, -0.2) is 193 Å². The Morgan fingerprint density at radius 1 is 0.493 bits per heavy atom. The molecule has 3 saturated heterocycles. The van der Waals surface area contributed by atoms with Gasteiger partial charge in [-0.2, -0.15) is 0 Å². The zero-order valence-corrected chi connectivity index (χ0v) is 42.4. The van der Waals surface area contributed by atoms with Gasteiger partial charge in [0.2, 0.25) is 5.91 Å². The van der Waals surface area contributed by atoms with Gasteiger partial charge in [-0.15, -0.1) is 0 Å². The van der Waals surface area contributed by atoms with Gasteiger partial charge < -0.3 is 89.9 Å². The smallest absolute Gasteiger partial charge is 0.217 e. The van der Waals surface area contributed by atoms with Crippen LogP contribution in [0.5, 0.6) is 0 Å². The minimum atomic E-state index is -1.98. The quantitative estimate of drug-likeness (QED) is 0.0314. The number of rotatable bonds is 37. The summed E-state index contributed by atoms with van der Waals surface area (Å²) in [4.78, 5) is 12.0. The molecule has 414 valence electrons. The van der Waals surface area contributed by atoms with Crippen molar-refractivity contribution in [3.63, 3.8) is 0 Å². The second-order valence-corrected chi connectivity index (χ2v) is 19.4. The molecule has 0 saturated carbocycles. The van der Waals surface area contributed by atoms with E-state index in [-0.39, 0.29) is 6.61 Å². The summed E-state index contributed by atoms with van der Waals surface area (Å²) in [6, 6.07) is -0.995. The van der Waals surface area contributed by atoms with Gasteiger partial charge in [-0.25, -0.2) is 0 Å². The number of carbonyl (C=O) groups is 1. The van der Waals surface area contributed by atoms with E-state index in [9.17, 15) is 61.0 Å². The Balaban J connectivity index is 1.32. The molecule has 0 radical (unpaired) electrons. The first-order valence-corrected chi connectivity index (χ1v) is 26.7. The van der Waals surface area contributed by atoms with Crippen molar-refractivity contribution in [2.75, 3.05) is 26.4 Å². The van der Waals surface area contributed by atoms with Gasteiger partial charge >= 0.3 is 0 Å². The standard InChI is InChI=1S/C52H93NO18/c1-3-4-5-6-7-8-9-10-11-12-13-14-15-16-17-18-19-20-21-22-23-24-25-26-27-28-29-30-37(58)36(53-35(2)57)34-66-50-46(64)43(61)48(39(32-55)68-50)71-52-47(65)44(62)49(40(33-56)69-52)70-51-45(63)42(60)41(59)38(31-54)67-51/h21-22,25-26,29-30,36-52,54-56,58-65H,3-20,23-24,27-28,31-34H2,1-2H3,(H,53,57)/b22-21+,26-25+,30-29+. The summed E-state index contributed by atoms with van der Waals surface area (Å²) >= 11 is 0. The van der Waals surface area contributed by atoms with E-state index in [2.05, 4.69) is 36.5 Å². The minimum Gasteiger partial charge on any atom is -0.394 e. The Labute approximate surface area is 421 Å². The maximum Gasteiger partial charge on any atom is 0.217 e. The van der Waals surface area contributed by atoms with Crippen molar-refractivity contribution in [2.45, 2.75) is 259 Å². The Kier molecular flexibility index (Phi) is 32.9. The maximum absolute atomic E-state index is 12.0. The molecule has 0 aromatic rings. The van der Waals surface area contributed by atoms with Crippen LogP contribution in [-0.2, 0) is 33.2 Å². The molecular weight excluding hydrogens is 927 g/mol. The Bertz CT molecular complexity index is 1450. The summed E-state index contributed by atoms with van der Waals surface area (Å²) in [5, 5.41) is 118. The molecule has 19 heteroatoms. The average Bonchev–Trinajstić information content (AvgIpc) is 3.36. The first-order valence-electron chi connectivity index (χ1n) is 26.7. The summed E-state index contributed by atoms with van der Waals surface area (Å²) in [7, 11) is 0. The molecular formula is C52H93NO18. The van der Waals surface area contributed by atoms with Crippen LogP contribution in [0.15, 0.2) is 36.5 Å². The summed E-state index contributed by atoms with van der Waals surface area (Å²) in [5.74, 6) is -0.467. The van der Waals surface area contributed by atoms with Crippen molar-refractivity contribution >= 4 is 5.91 Å². The number of unbranched alkanes of at least 4 members (excludes halogenated alkanes) is 19. The van der Waals surface area contributed by atoms with Gasteiger partial charge in [0.05, 0.1) is 38.6 Å². The van der Waals surface area contributed by atoms with Crippen molar-refractivity contribution in [3.8, 4) is 0 Å². The van der Waals surface area contributed by atoms with Gasteiger partial charge in [-0.3, -0.25) is 4.79 Å². The number of carbonyl (C=O) groups excluding carboxylic acids is 1. The van der Waals surface area contributed by atoms with Crippen molar-refractivity contribution in [3.05, 3.63) is 36.5 Å². The molecule has 3 rings (SSSR count). The van der Waals surface area contributed by atoms with Crippen molar-refractivity contribution < 1.29 is 89.4 Å². The van der Waals surface area contributed by atoms with Gasteiger partial charge in [-0.1, -0.05) is 146 Å². The van der Waals surface area contributed by atoms with Crippen LogP contribution in [0.25, 0.3) is 0 Å². The molecule has 1 amide bonds. The number of amides is 1. The molecule has 3 heterocycles. The first-order chi connectivity index (χ1) is 34.3. The normalized spacial score (nSPS) is 32.5. The van der Waals surface area contributed by atoms with E-state index in [0.29, 0.717) is 6.42 Å². The van der Waals surface area contributed by atoms with Crippen molar-refractivity contribution in [1.29, 1.82) is 0 Å². The predicted octanol–water partition coefficient (Wildman–Crippen LogP) is 2.59.